The van der Waals surface area contributed by atoms with Gasteiger partial charge in [0.05, 0.1) is 0 Å². The Bertz CT molecular complexity index is 927. The molecule has 6 heteroatoms. The predicted molar refractivity (Wildman–Crippen MR) is 118 cm³/mol. The van der Waals surface area contributed by atoms with Gasteiger partial charge in [-0.3, -0.25) is 14.4 Å². The fraction of sp³-hybridized carbons (Fsp3) is 0.480. The zero-order chi connectivity index (χ0) is 22.0. The van der Waals surface area contributed by atoms with Gasteiger partial charge in [0.25, 0.3) is 11.8 Å². The molecule has 3 heterocycles. The molecule has 2 fully saturated rings. The van der Waals surface area contributed by atoms with Crippen LogP contribution in [-0.4, -0.2) is 53.1 Å². The molecule has 2 saturated heterocycles. The molecular weight excluding hydrogens is 392 g/mol. The highest BCUT2D eigenvalue weighted by Gasteiger charge is 2.28. The van der Waals surface area contributed by atoms with Gasteiger partial charge in [0.2, 0.25) is 0 Å². The molecule has 1 aromatic heterocycles. The summed E-state index contributed by atoms with van der Waals surface area (Å²) in [4.78, 5) is 41.6. The number of hydrogen-bond acceptors (Lipinski definition) is 4. The molecule has 0 N–H and O–H groups in total. The Kier molecular flexibility index (Phi) is 6.25. The molecule has 2 atom stereocenters. The first-order valence-corrected chi connectivity index (χ1v) is 11.3. The summed E-state index contributed by atoms with van der Waals surface area (Å²) >= 11 is 0. The zero-order valence-corrected chi connectivity index (χ0v) is 18.3. The predicted octanol–water partition coefficient (Wildman–Crippen LogP) is 4.79. The van der Waals surface area contributed by atoms with Gasteiger partial charge in [0, 0.05) is 41.9 Å². The highest BCUT2D eigenvalue weighted by atomic mass is 16.3. The molecule has 2 unspecified atom stereocenters. The first-order chi connectivity index (χ1) is 15.0. The second kappa shape index (κ2) is 9.08. The number of carbonyl (C=O) groups excluding carboxylic acids is 3. The maximum atomic E-state index is 13.4. The molecule has 164 valence electrons. The summed E-state index contributed by atoms with van der Waals surface area (Å²) in [5.74, 6) is 0.576. The lowest BCUT2D eigenvalue weighted by Crippen LogP contribution is -2.43. The first kappa shape index (κ1) is 21.3. The van der Waals surface area contributed by atoms with E-state index >= 15 is 0 Å². The Labute approximate surface area is 183 Å². The zero-order valence-electron chi connectivity index (χ0n) is 18.3. The number of hydrogen-bond donors (Lipinski definition) is 0. The molecule has 4 rings (SSSR count). The molecule has 2 aliphatic rings. The van der Waals surface area contributed by atoms with Gasteiger partial charge in [0.1, 0.15) is 5.76 Å². The van der Waals surface area contributed by atoms with Crippen LogP contribution in [0, 0.1) is 0 Å². The molecule has 2 amide bonds. The van der Waals surface area contributed by atoms with E-state index in [1.54, 1.807) is 30.3 Å². The molecule has 2 aliphatic heterocycles. The molecular formula is C25H30N2O4. The van der Waals surface area contributed by atoms with Crippen LogP contribution >= 0.6 is 0 Å². The van der Waals surface area contributed by atoms with Crippen molar-refractivity contribution in [3.05, 3.63) is 47.2 Å². The van der Waals surface area contributed by atoms with E-state index in [1.165, 1.54) is 0 Å². The topological polar surface area (TPSA) is 70.8 Å². The third kappa shape index (κ3) is 4.43. The molecule has 0 spiro atoms. The third-order valence-electron chi connectivity index (χ3n) is 6.58. The van der Waals surface area contributed by atoms with Crippen molar-refractivity contribution in [2.24, 2.45) is 0 Å². The van der Waals surface area contributed by atoms with E-state index in [0.29, 0.717) is 28.7 Å². The van der Waals surface area contributed by atoms with E-state index < -0.39 is 0 Å². The fourth-order valence-electron chi connectivity index (χ4n) is 4.72. The van der Waals surface area contributed by atoms with E-state index in [4.69, 9.17) is 4.42 Å². The van der Waals surface area contributed by atoms with Gasteiger partial charge >= 0.3 is 0 Å². The molecule has 0 radical (unpaired) electrons. The van der Waals surface area contributed by atoms with Crippen LogP contribution in [0.25, 0.3) is 11.3 Å². The number of piperidine rings is 2. The summed E-state index contributed by atoms with van der Waals surface area (Å²) < 4.78 is 5.60. The number of amides is 2. The van der Waals surface area contributed by atoms with Crippen LogP contribution in [-0.2, 0) is 0 Å². The summed E-state index contributed by atoms with van der Waals surface area (Å²) in [6.45, 7) is 5.61. The molecule has 31 heavy (non-hydrogen) atoms. The minimum Gasteiger partial charge on any atom is -0.453 e. The highest BCUT2D eigenvalue weighted by Crippen LogP contribution is 2.28. The van der Waals surface area contributed by atoms with Crippen molar-refractivity contribution in [1.82, 2.24) is 9.80 Å². The Hall–Kier alpha value is -2.89. The summed E-state index contributed by atoms with van der Waals surface area (Å²) in [5.41, 5.74) is 1.61. The minimum atomic E-state index is -0.0584. The summed E-state index contributed by atoms with van der Waals surface area (Å²) in [5, 5.41) is 0. The summed E-state index contributed by atoms with van der Waals surface area (Å²) in [7, 11) is 0. The molecule has 0 aliphatic carbocycles. The summed E-state index contributed by atoms with van der Waals surface area (Å²) in [6.07, 6.45) is 6.87. The van der Waals surface area contributed by atoms with Crippen molar-refractivity contribution in [3.8, 4) is 11.3 Å². The molecule has 2 aromatic rings. The van der Waals surface area contributed by atoms with Crippen LogP contribution < -0.4 is 0 Å². The van der Waals surface area contributed by atoms with Gasteiger partial charge in [0.15, 0.2) is 12.0 Å². The van der Waals surface area contributed by atoms with Crippen LogP contribution in [0.3, 0.4) is 0 Å². The lowest BCUT2D eigenvalue weighted by Gasteiger charge is -2.34. The number of nitrogens with zero attached hydrogens (tertiary/aromatic N) is 2. The van der Waals surface area contributed by atoms with E-state index in [1.807, 2.05) is 9.80 Å². The van der Waals surface area contributed by atoms with E-state index in [-0.39, 0.29) is 29.7 Å². The largest absolute Gasteiger partial charge is 0.453 e. The Morgan fingerprint density at radius 2 is 1.42 bits per heavy atom. The van der Waals surface area contributed by atoms with Crippen molar-refractivity contribution in [2.45, 2.75) is 64.5 Å². The van der Waals surface area contributed by atoms with Crippen LogP contribution in [0.1, 0.15) is 83.6 Å². The van der Waals surface area contributed by atoms with Crippen LogP contribution in [0.2, 0.25) is 0 Å². The number of rotatable bonds is 4. The van der Waals surface area contributed by atoms with Crippen molar-refractivity contribution in [2.75, 3.05) is 13.1 Å². The van der Waals surface area contributed by atoms with Gasteiger partial charge in [-0.1, -0.05) is 0 Å². The molecule has 0 saturated carbocycles. The smallest absolute Gasteiger partial charge is 0.254 e. The standard InChI is InChI=1S/C25H30N2O4/c1-17-7-3-5-11-26(17)24(29)20-13-19(23-10-9-22(16-28)31-23)14-21(15-20)25(30)27-12-6-4-8-18(27)2/h9-10,13-18H,3-8,11-12H2,1-2H3. The number of benzene rings is 1. The Morgan fingerprint density at radius 1 is 0.871 bits per heavy atom. The lowest BCUT2D eigenvalue weighted by molar-refractivity contribution is 0.0634. The monoisotopic (exact) mass is 422 g/mol. The van der Waals surface area contributed by atoms with E-state index in [0.717, 1.165) is 51.6 Å². The summed E-state index contributed by atoms with van der Waals surface area (Å²) in [6, 6.07) is 8.92. The van der Waals surface area contributed by atoms with Crippen molar-refractivity contribution < 1.29 is 18.8 Å². The molecule has 6 nitrogen and oxygen atoms in total. The number of aldehydes is 1. The van der Waals surface area contributed by atoms with Crippen molar-refractivity contribution in [3.63, 3.8) is 0 Å². The number of furan rings is 1. The van der Waals surface area contributed by atoms with Gasteiger partial charge < -0.3 is 14.2 Å². The molecule has 0 bridgehead atoms. The van der Waals surface area contributed by atoms with Gasteiger partial charge in [-0.05, 0) is 82.7 Å². The van der Waals surface area contributed by atoms with E-state index in [9.17, 15) is 14.4 Å². The fourth-order valence-corrected chi connectivity index (χ4v) is 4.72. The van der Waals surface area contributed by atoms with Gasteiger partial charge in [-0.15, -0.1) is 0 Å². The normalized spacial score (nSPS) is 21.7. The van der Waals surface area contributed by atoms with Crippen molar-refractivity contribution in [1.29, 1.82) is 0 Å². The van der Waals surface area contributed by atoms with Crippen LogP contribution in [0.5, 0.6) is 0 Å². The average molecular weight is 423 g/mol. The maximum Gasteiger partial charge on any atom is 0.254 e. The highest BCUT2D eigenvalue weighted by molar-refractivity contribution is 6.01. The first-order valence-electron chi connectivity index (χ1n) is 11.3. The third-order valence-corrected chi connectivity index (χ3v) is 6.58. The Morgan fingerprint density at radius 3 is 1.87 bits per heavy atom. The van der Waals surface area contributed by atoms with Crippen LogP contribution in [0.4, 0.5) is 0 Å². The lowest BCUT2D eigenvalue weighted by atomic mass is 9.97. The van der Waals surface area contributed by atoms with E-state index in [2.05, 4.69) is 13.8 Å². The molecule has 1 aromatic carbocycles. The second-order valence-electron chi connectivity index (χ2n) is 8.81. The van der Waals surface area contributed by atoms with Gasteiger partial charge in [-0.2, -0.15) is 0 Å². The van der Waals surface area contributed by atoms with Gasteiger partial charge in [-0.25, -0.2) is 0 Å². The maximum absolute atomic E-state index is 13.4. The number of likely N-dealkylation sites (tertiary alicyclic amines) is 2. The Balaban J connectivity index is 1.74. The minimum absolute atomic E-state index is 0.0584. The average Bonchev–Trinajstić information content (AvgIpc) is 3.28. The SMILES string of the molecule is CC1CCCCN1C(=O)c1cc(C(=O)N2CCCCC2C)cc(-c2ccc(C=O)o2)c1. The van der Waals surface area contributed by atoms with Crippen LogP contribution in [0.15, 0.2) is 34.7 Å². The van der Waals surface area contributed by atoms with Crippen molar-refractivity contribution >= 4 is 18.1 Å². The number of carbonyl (C=O) groups is 3. The quantitative estimate of drug-likeness (QED) is 0.665. The second-order valence-corrected chi connectivity index (χ2v) is 8.81.